The van der Waals surface area contributed by atoms with E-state index in [4.69, 9.17) is 4.74 Å². The van der Waals surface area contributed by atoms with Gasteiger partial charge >= 0.3 is 0 Å². The van der Waals surface area contributed by atoms with Gasteiger partial charge in [0, 0.05) is 6.20 Å². The van der Waals surface area contributed by atoms with Crippen molar-refractivity contribution in [3.8, 4) is 11.6 Å². The third kappa shape index (κ3) is 2.91. The minimum absolute atomic E-state index is 0.476. The molecule has 1 atom stereocenters. The molecule has 18 heavy (non-hydrogen) atoms. The highest BCUT2D eigenvalue weighted by Gasteiger charge is 2.11. The number of rotatable bonds is 4. The second-order valence-electron chi connectivity index (χ2n) is 4.24. The Morgan fingerprint density at radius 3 is 2.72 bits per heavy atom. The molecule has 0 amide bonds. The van der Waals surface area contributed by atoms with Gasteiger partial charge in [0.1, 0.15) is 5.75 Å². The van der Waals surface area contributed by atoms with Gasteiger partial charge in [0.15, 0.2) is 0 Å². The molecule has 0 bridgehead atoms. The molecule has 0 aliphatic rings. The number of para-hydroxylation sites is 1. The quantitative estimate of drug-likeness (QED) is 0.779. The van der Waals surface area contributed by atoms with Crippen molar-refractivity contribution in [2.45, 2.75) is 26.2 Å². The lowest BCUT2D eigenvalue weighted by Crippen LogP contribution is -1.97. The van der Waals surface area contributed by atoms with Gasteiger partial charge in [0.05, 0.1) is 4.47 Å². The molecular weight excluding hydrogens is 290 g/mol. The molecule has 2 aromatic rings. The van der Waals surface area contributed by atoms with E-state index < -0.39 is 0 Å². The SMILES string of the molecule is CCC(C)c1ccccc1Oc1ncccc1Br. The molecule has 0 fully saturated rings. The van der Waals surface area contributed by atoms with E-state index in [0.29, 0.717) is 11.8 Å². The third-order valence-corrected chi connectivity index (χ3v) is 3.60. The molecule has 1 heterocycles. The van der Waals surface area contributed by atoms with Crippen LogP contribution in [0.5, 0.6) is 11.6 Å². The Balaban J connectivity index is 2.32. The van der Waals surface area contributed by atoms with Crippen LogP contribution in [0.2, 0.25) is 0 Å². The minimum atomic E-state index is 0.476. The average molecular weight is 306 g/mol. The van der Waals surface area contributed by atoms with Gasteiger partial charge in [-0.1, -0.05) is 32.0 Å². The maximum atomic E-state index is 5.91. The van der Waals surface area contributed by atoms with Crippen LogP contribution in [0, 0.1) is 0 Å². The first-order valence-electron chi connectivity index (χ1n) is 6.09. The van der Waals surface area contributed by atoms with Crippen LogP contribution in [0.25, 0.3) is 0 Å². The zero-order valence-electron chi connectivity index (χ0n) is 10.6. The van der Waals surface area contributed by atoms with Crippen LogP contribution in [0.15, 0.2) is 47.1 Å². The third-order valence-electron chi connectivity index (χ3n) is 2.99. The normalized spacial score (nSPS) is 12.2. The number of halogens is 1. The van der Waals surface area contributed by atoms with Crippen LogP contribution >= 0.6 is 15.9 Å². The number of benzene rings is 1. The Morgan fingerprint density at radius 1 is 1.22 bits per heavy atom. The van der Waals surface area contributed by atoms with Crippen molar-refractivity contribution < 1.29 is 4.74 Å². The van der Waals surface area contributed by atoms with E-state index in [1.165, 1.54) is 5.56 Å². The van der Waals surface area contributed by atoms with Crippen molar-refractivity contribution in [3.63, 3.8) is 0 Å². The summed E-state index contributed by atoms with van der Waals surface area (Å²) >= 11 is 3.44. The molecule has 94 valence electrons. The van der Waals surface area contributed by atoms with Crippen LogP contribution in [0.1, 0.15) is 31.7 Å². The predicted octanol–water partition coefficient (Wildman–Crippen LogP) is 5.15. The minimum Gasteiger partial charge on any atom is -0.438 e. The summed E-state index contributed by atoms with van der Waals surface area (Å²) in [4.78, 5) is 4.23. The molecule has 3 heteroatoms. The first-order valence-corrected chi connectivity index (χ1v) is 6.89. The summed E-state index contributed by atoms with van der Waals surface area (Å²) in [5.74, 6) is 1.96. The van der Waals surface area contributed by atoms with Crippen molar-refractivity contribution in [1.82, 2.24) is 4.98 Å². The van der Waals surface area contributed by atoms with Crippen molar-refractivity contribution in [3.05, 3.63) is 52.6 Å². The summed E-state index contributed by atoms with van der Waals surface area (Å²) in [6.45, 7) is 4.38. The Morgan fingerprint density at radius 2 is 2.00 bits per heavy atom. The lowest BCUT2D eigenvalue weighted by molar-refractivity contribution is 0.449. The second kappa shape index (κ2) is 6.01. The highest BCUT2D eigenvalue weighted by molar-refractivity contribution is 9.10. The van der Waals surface area contributed by atoms with E-state index in [2.05, 4.69) is 40.8 Å². The van der Waals surface area contributed by atoms with Gasteiger partial charge in [-0.3, -0.25) is 0 Å². The van der Waals surface area contributed by atoms with Crippen LogP contribution < -0.4 is 4.74 Å². The van der Waals surface area contributed by atoms with E-state index in [9.17, 15) is 0 Å². The summed E-state index contributed by atoms with van der Waals surface area (Å²) in [6, 6.07) is 11.9. The van der Waals surface area contributed by atoms with Gasteiger partial charge in [-0.15, -0.1) is 0 Å². The van der Waals surface area contributed by atoms with E-state index >= 15 is 0 Å². The Labute approximate surface area is 116 Å². The monoisotopic (exact) mass is 305 g/mol. The maximum Gasteiger partial charge on any atom is 0.233 e. The van der Waals surface area contributed by atoms with Crippen molar-refractivity contribution >= 4 is 15.9 Å². The molecule has 0 aliphatic carbocycles. The van der Waals surface area contributed by atoms with E-state index in [1.54, 1.807) is 6.20 Å². The molecule has 0 radical (unpaired) electrons. The summed E-state index contributed by atoms with van der Waals surface area (Å²) in [5, 5.41) is 0. The zero-order chi connectivity index (χ0) is 13.0. The predicted molar refractivity (Wildman–Crippen MR) is 77.2 cm³/mol. The molecule has 1 unspecified atom stereocenters. The van der Waals surface area contributed by atoms with Crippen molar-refractivity contribution in [2.24, 2.45) is 0 Å². The summed E-state index contributed by atoms with van der Waals surface area (Å²) < 4.78 is 6.77. The number of hydrogen-bond acceptors (Lipinski definition) is 2. The van der Waals surface area contributed by atoms with Crippen LogP contribution in [-0.2, 0) is 0 Å². The summed E-state index contributed by atoms with van der Waals surface area (Å²) in [5.41, 5.74) is 1.22. The molecule has 1 aromatic heterocycles. The molecule has 2 nitrogen and oxygen atoms in total. The van der Waals surface area contributed by atoms with Gasteiger partial charge in [-0.25, -0.2) is 4.98 Å². The largest absolute Gasteiger partial charge is 0.438 e. The molecule has 0 aliphatic heterocycles. The molecule has 1 aromatic carbocycles. The maximum absolute atomic E-state index is 5.91. The Kier molecular flexibility index (Phi) is 4.37. The van der Waals surface area contributed by atoms with Gasteiger partial charge in [0.25, 0.3) is 0 Å². The fourth-order valence-electron chi connectivity index (χ4n) is 1.75. The average Bonchev–Trinajstić information content (AvgIpc) is 2.41. The van der Waals surface area contributed by atoms with Crippen LogP contribution in [0.3, 0.4) is 0 Å². The van der Waals surface area contributed by atoms with Crippen LogP contribution in [-0.4, -0.2) is 4.98 Å². The molecule has 0 N–H and O–H groups in total. The molecule has 2 rings (SSSR count). The van der Waals surface area contributed by atoms with Gasteiger partial charge < -0.3 is 4.74 Å². The number of pyridine rings is 1. The van der Waals surface area contributed by atoms with Gasteiger partial charge in [-0.05, 0) is 52.0 Å². The second-order valence-corrected chi connectivity index (χ2v) is 5.09. The number of nitrogens with zero attached hydrogens (tertiary/aromatic N) is 1. The fourth-order valence-corrected chi connectivity index (χ4v) is 2.09. The lowest BCUT2D eigenvalue weighted by atomic mass is 9.98. The first-order chi connectivity index (χ1) is 8.72. The number of ether oxygens (including phenoxy) is 1. The lowest BCUT2D eigenvalue weighted by Gasteiger charge is -2.15. The summed E-state index contributed by atoms with van der Waals surface area (Å²) in [6.07, 6.45) is 2.82. The topological polar surface area (TPSA) is 22.1 Å². The van der Waals surface area contributed by atoms with Crippen molar-refractivity contribution in [2.75, 3.05) is 0 Å². The molecule has 0 saturated carbocycles. The smallest absolute Gasteiger partial charge is 0.233 e. The van der Waals surface area contributed by atoms with Crippen molar-refractivity contribution in [1.29, 1.82) is 0 Å². The number of aromatic nitrogens is 1. The molecular formula is C15H16BrNO. The van der Waals surface area contributed by atoms with E-state index in [-0.39, 0.29) is 0 Å². The molecule has 0 saturated heterocycles. The zero-order valence-corrected chi connectivity index (χ0v) is 12.1. The van der Waals surface area contributed by atoms with Gasteiger partial charge in [0.2, 0.25) is 5.88 Å². The standard InChI is InChI=1S/C15H16BrNO/c1-3-11(2)12-7-4-5-9-14(12)18-15-13(16)8-6-10-17-15/h4-11H,3H2,1-2H3. The first kappa shape index (κ1) is 13.1. The van der Waals surface area contributed by atoms with E-state index in [1.807, 2.05) is 30.3 Å². The highest BCUT2D eigenvalue weighted by atomic mass is 79.9. The Hall–Kier alpha value is -1.35. The van der Waals surface area contributed by atoms with E-state index in [0.717, 1.165) is 16.6 Å². The molecule has 0 spiro atoms. The number of hydrogen-bond donors (Lipinski definition) is 0. The van der Waals surface area contributed by atoms with Gasteiger partial charge in [-0.2, -0.15) is 0 Å². The highest BCUT2D eigenvalue weighted by Crippen LogP contribution is 2.33. The van der Waals surface area contributed by atoms with Crippen LogP contribution in [0.4, 0.5) is 0 Å². The Bertz CT molecular complexity index is 527. The summed E-state index contributed by atoms with van der Waals surface area (Å²) in [7, 11) is 0. The fraction of sp³-hybridized carbons (Fsp3) is 0.267.